The van der Waals surface area contributed by atoms with E-state index in [1.807, 2.05) is 66.7 Å². The quantitative estimate of drug-likeness (QED) is 0.521. The third kappa shape index (κ3) is 4.43. The van der Waals surface area contributed by atoms with Crippen molar-refractivity contribution in [3.05, 3.63) is 95.9 Å². The molecule has 1 aliphatic heterocycles. The first-order valence-corrected chi connectivity index (χ1v) is 9.49. The van der Waals surface area contributed by atoms with E-state index in [-0.39, 0.29) is 18.2 Å². The van der Waals surface area contributed by atoms with Crippen LogP contribution in [-0.2, 0) is 16.1 Å². The fourth-order valence-corrected chi connectivity index (χ4v) is 3.38. The van der Waals surface area contributed by atoms with Crippen LogP contribution in [0.5, 0.6) is 0 Å². The van der Waals surface area contributed by atoms with Crippen LogP contribution in [0.1, 0.15) is 23.3 Å². The molecule has 2 heterocycles. The van der Waals surface area contributed by atoms with E-state index < -0.39 is 5.92 Å². The summed E-state index contributed by atoms with van der Waals surface area (Å²) in [6, 6.07) is 23.0. The molecule has 0 radical (unpaired) electrons. The molecule has 0 bridgehead atoms. The molecule has 4 rings (SSSR count). The van der Waals surface area contributed by atoms with Gasteiger partial charge in [0.15, 0.2) is 0 Å². The number of carbonyl (C=O) groups is 2. The SMILES string of the molecule is O=C(NN=C(c1ccccc1)c1ccccc1)C1CC(=O)N(Cc2ccco2)C1. The first kappa shape index (κ1) is 18.7. The van der Waals surface area contributed by atoms with Crippen LogP contribution < -0.4 is 5.43 Å². The summed E-state index contributed by atoms with van der Waals surface area (Å²) in [4.78, 5) is 26.6. The average Bonchev–Trinajstić information content (AvgIpc) is 3.40. The number of furan rings is 1. The molecule has 3 aromatic rings. The molecule has 1 atom stereocenters. The van der Waals surface area contributed by atoms with E-state index in [1.54, 1.807) is 17.2 Å². The highest BCUT2D eigenvalue weighted by Gasteiger charge is 2.34. The highest BCUT2D eigenvalue weighted by molar-refractivity contribution is 6.13. The molecule has 1 aromatic heterocycles. The smallest absolute Gasteiger partial charge is 0.245 e. The summed E-state index contributed by atoms with van der Waals surface area (Å²) in [5.74, 6) is -0.0524. The highest BCUT2D eigenvalue weighted by Crippen LogP contribution is 2.21. The lowest BCUT2D eigenvalue weighted by atomic mass is 10.0. The highest BCUT2D eigenvalue weighted by atomic mass is 16.3. The van der Waals surface area contributed by atoms with Gasteiger partial charge in [-0.25, -0.2) is 5.43 Å². The molecule has 2 amide bonds. The van der Waals surface area contributed by atoms with E-state index >= 15 is 0 Å². The Hall–Kier alpha value is -3.67. The first-order chi connectivity index (χ1) is 14.2. The molecule has 1 unspecified atom stereocenters. The minimum absolute atomic E-state index is 0.0585. The second-order valence-electron chi connectivity index (χ2n) is 6.92. The van der Waals surface area contributed by atoms with E-state index in [0.29, 0.717) is 24.6 Å². The van der Waals surface area contributed by atoms with Crippen molar-refractivity contribution >= 4 is 17.5 Å². The lowest BCUT2D eigenvalue weighted by Crippen LogP contribution is -2.31. The minimum Gasteiger partial charge on any atom is -0.467 e. The van der Waals surface area contributed by atoms with Crippen molar-refractivity contribution in [2.45, 2.75) is 13.0 Å². The molecule has 1 fully saturated rings. The average molecular weight is 387 g/mol. The number of nitrogens with zero attached hydrogens (tertiary/aromatic N) is 2. The van der Waals surface area contributed by atoms with Gasteiger partial charge in [0, 0.05) is 24.1 Å². The zero-order valence-corrected chi connectivity index (χ0v) is 15.8. The van der Waals surface area contributed by atoms with Gasteiger partial charge in [0.1, 0.15) is 5.76 Å². The van der Waals surface area contributed by atoms with Gasteiger partial charge in [-0.05, 0) is 12.1 Å². The molecule has 1 aliphatic rings. The molecule has 146 valence electrons. The molecule has 6 nitrogen and oxygen atoms in total. The summed E-state index contributed by atoms with van der Waals surface area (Å²) in [6.45, 7) is 0.727. The summed E-state index contributed by atoms with van der Waals surface area (Å²) < 4.78 is 5.30. The summed E-state index contributed by atoms with van der Waals surface area (Å²) in [6.07, 6.45) is 1.75. The maximum atomic E-state index is 12.7. The lowest BCUT2D eigenvalue weighted by molar-refractivity contribution is -0.129. The minimum atomic E-state index is -0.436. The van der Waals surface area contributed by atoms with Crippen LogP contribution in [-0.4, -0.2) is 29.0 Å². The predicted octanol–water partition coefficient (Wildman–Crippen LogP) is 3.20. The fraction of sp³-hybridized carbons (Fsp3) is 0.174. The normalized spacial score (nSPS) is 15.9. The van der Waals surface area contributed by atoms with Crippen molar-refractivity contribution in [1.29, 1.82) is 0 Å². The summed E-state index contributed by atoms with van der Waals surface area (Å²) >= 11 is 0. The third-order valence-corrected chi connectivity index (χ3v) is 4.88. The zero-order valence-electron chi connectivity index (χ0n) is 15.8. The molecule has 2 aromatic carbocycles. The fourth-order valence-electron chi connectivity index (χ4n) is 3.38. The molecule has 29 heavy (non-hydrogen) atoms. The number of nitrogens with one attached hydrogen (secondary N) is 1. The van der Waals surface area contributed by atoms with Gasteiger partial charge in [0.2, 0.25) is 11.8 Å². The Morgan fingerprint density at radius 2 is 1.66 bits per heavy atom. The van der Waals surface area contributed by atoms with Crippen molar-refractivity contribution in [3.63, 3.8) is 0 Å². The van der Waals surface area contributed by atoms with E-state index in [1.165, 1.54) is 0 Å². The van der Waals surface area contributed by atoms with Gasteiger partial charge in [-0.15, -0.1) is 0 Å². The molecular formula is C23H21N3O3. The van der Waals surface area contributed by atoms with Crippen molar-refractivity contribution in [2.24, 2.45) is 11.0 Å². The van der Waals surface area contributed by atoms with E-state index in [0.717, 1.165) is 11.1 Å². The maximum absolute atomic E-state index is 12.7. The Kier molecular flexibility index (Phi) is 5.52. The number of amides is 2. The topological polar surface area (TPSA) is 74.9 Å². The predicted molar refractivity (Wildman–Crippen MR) is 109 cm³/mol. The zero-order chi connectivity index (χ0) is 20.1. The van der Waals surface area contributed by atoms with Crippen LogP contribution in [0.4, 0.5) is 0 Å². The molecule has 1 saturated heterocycles. The summed E-state index contributed by atoms with van der Waals surface area (Å²) in [5.41, 5.74) is 5.15. The van der Waals surface area contributed by atoms with Gasteiger partial charge < -0.3 is 9.32 Å². The Labute approximate surface area is 168 Å². The first-order valence-electron chi connectivity index (χ1n) is 9.49. The second-order valence-corrected chi connectivity index (χ2v) is 6.92. The van der Waals surface area contributed by atoms with Crippen molar-refractivity contribution in [1.82, 2.24) is 10.3 Å². The van der Waals surface area contributed by atoms with Crippen molar-refractivity contribution in [2.75, 3.05) is 6.54 Å². The van der Waals surface area contributed by atoms with E-state index in [2.05, 4.69) is 10.5 Å². The third-order valence-electron chi connectivity index (χ3n) is 4.88. The summed E-state index contributed by atoms with van der Waals surface area (Å²) in [5, 5.41) is 4.40. The standard InChI is InChI=1S/C23H21N3O3/c27-21-14-19(15-26(21)16-20-12-7-13-29-20)23(28)25-24-22(17-8-3-1-4-9-17)18-10-5-2-6-11-18/h1-13,19H,14-16H2,(H,25,28). The van der Waals surface area contributed by atoms with Crippen LogP contribution in [0.3, 0.4) is 0 Å². The number of hydrogen-bond acceptors (Lipinski definition) is 4. The Balaban J connectivity index is 1.47. The largest absolute Gasteiger partial charge is 0.467 e. The lowest BCUT2D eigenvalue weighted by Gasteiger charge is -2.14. The van der Waals surface area contributed by atoms with Crippen molar-refractivity contribution < 1.29 is 14.0 Å². The molecule has 1 N–H and O–H groups in total. The van der Waals surface area contributed by atoms with Crippen LogP contribution >= 0.6 is 0 Å². The number of rotatable bonds is 6. The number of hydrogen-bond donors (Lipinski definition) is 1. The molecule has 0 spiro atoms. The van der Waals surface area contributed by atoms with Gasteiger partial charge in [0.05, 0.1) is 24.4 Å². The number of hydrazone groups is 1. The number of benzene rings is 2. The maximum Gasteiger partial charge on any atom is 0.245 e. The Morgan fingerprint density at radius 1 is 1.00 bits per heavy atom. The van der Waals surface area contributed by atoms with Crippen LogP contribution in [0.2, 0.25) is 0 Å². The van der Waals surface area contributed by atoms with Crippen LogP contribution in [0, 0.1) is 5.92 Å². The molecular weight excluding hydrogens is 366 g/mol. The van der Waals surface area contributed by atoms with Gasteiger partial charge >= 0.3 is 0 Å². The van der Waals surface area contributed by atoms with Crippen LogP contribution in [0.25, 0.3) is 0 Å². The van der Waals surface area contributed by atoms with Crippen molar-refractivity contribution in [3.8, 4) is 0 Å². The number of likely N-dealkylation sites (tertiary alicyclic amines) is 1. The van der Waals surface area contributed by atoms with Gasteiger partial charge in [-0.2, -0.15) is 5.10 Å². The number of carbonyl (C=O) groups excluding carboxylic acids is 2. The molecule has 0 aliphatic carbocycles. The summed E-state index contributed by atoms with van der Waals surface area (Å²) in [7, 11) is 0. The van der Waals surface area contributed by atoms with E-state index in [4.69, 9.17) is 4.42 Å². The van der Waals surface area contributed by atoms with Crippen LogP contribution in [0.15, 0.2) is 88.6 Å². The van der Waals surface area contributed by atoms with Gasteiger partial charge in [-0.1, -0.05) is 60.7 Å². The monoisotopic (exact) mass is 387 g/mol. The van der Waals surface area contributed by atoms with Gasteiger partial charge in [0.25, 0.3) is 0 Å². The second kappa shape index (κ2) is 8.56. The van der Waals surface area contributed by atoms with Gasteiger partial charge in [-0.3, -0.25) is 9.59 Å². The van der Waals surface area contributed by atoms with E-state index in [9.17, 15) is 9.59 Å². The Bertz CT molecular complexity index is 957. The molecule has 0 saturated carbocycles. The molecule has 6 heteroatoms. The Morgan fingerprint density at radius 3 is 2.24 bits per heavy atom.